The highest BCUT2D eigenvalue weighted by molar-refractivity contribution is 6.25. The summed E-state index contributed by atoms with van der Waals surface area (Å²) in [5.41, 5.74) is 14.3. The van der Waals surface area contributed by atoms with Gasteiger partial charge in [0.1, 0.15) is 0 Å². The molecule has 1 nitrogen and oxygen atoms in total. The van der Waals surface area contributed by atoms with Crippen LogP contribution >= 0.6 is 0 Å². The minimum atomic E-state index is -0.0903. The summed E-state index contributed by atoms with van der Waals surface area (Å²) in [6.07, 6.45) is 0. The van der Waals surface area contributed by atoms with Crippen LogP contribution in [0, 0.1) is 0 Å². The van der Waals surface area contributed by atoms with Crippen LogP contribution in [0.3, 0.4) is 0 Å². The van der Waals surface area contributed by atoms with Crippen LogP contribution in [0.2, 0.25) is 0 Å². The fraction of sp³-hybridized carbons (Fsp3) is 0.125. The predicted octanol–water partition coefficient (Wildman–Crippen LogP) is 13.2. The third-order valence-corrected chi connectivity index (χ3v) is 11.6. The molecule has 0 bridgehead atoms. The summed E-state index contributed by atoms with van der Waals surface area (Å²) < 4.78 is 0. The summed E-state index contributed by atoms with van der Waals surface area (Å²) in [6, 6.07) is 56.9. The maximum absolute atomic E-state index is 2.48. The smallest absolute Gasteiger partial charge is 0.0468 e. The highest BCUT2D eigenvalue weighted by atomic mass is 15.1. The summed E-state index contributed by atoms with van der Waals surface area (Å²) in [5, 5.41) is 7.74. The lowest BCUT2D eigenvalue weighted by atomic mass is 9.82. The molecule has 0 aromatic heterocycles. The van der Waals surface area contributed by atoms with Crippen LogP contribution in [0.15, 0.2) is 152 Å². The monoisotopic (exact) mass is 627 g/mol. The van der Waals surface area contributed by atoms with Crippen molar-refractivity contribution >= 4 is 49.4 Å². The van der Waals surface area contributed by atoms with Gasteiger partial charge in [0.15, 0.2) is 0 Å². The molecule has 8 aromatic carbocycles. The number of fused-ring (bicyclic) bond motifs is 12. The summed E-state index contributed by atoms with van der Waals surface area (Å²) in [7, 11) is 0. The minimum Gasteiger partial charge on any atom is -0.310 e. The zero-order valence-electron chi connectivity index (χ0n) is 28.4. The Morgan fingerprint density at radius 3 is 1.37 bits per heavy atom. The van der Waals surface area contributed by atoms with E-state index >= 15 is 0 Å². The quantitative estimate of drug-likeness (QED) is 0.176. The van der Waals surface area contributed by atoms with E-state index in [0.29, 0.717) is 0 Å². The predicted molar refractivity (Wildman–Crippen MR) is 209 cm³/mol. The third kappa shape index (κ3) is 3.88. The highest BCUT2D eigenvalue weighted by Gasteiger charge is 2.37. The molecule has 0 heterocycles. The van der Waals surface area contributed by atoms with E-state index in [2.05, 4.69) is 184 Å². The molecule has 0 unspecified atom stereocenters. The van der Waals surface area contributed by atoms with E-state index in [1.165, 1.54) is 88.2 Å². The Labute approximate surface area is 288 Å². The number of benzene rings is 8. The molecule has 0 saturated carbocycles. The molecule has 0 amide bonds. The lowest BCUT2D eigenvalue weighted by Gasteiger charge is -2.29. The topological polar surface area (TPSA) is 3.24 Å². The third-order valence-electron chi connectivity index (χ3n) is 11.6. The van der Waals surface area contributed by atoms with Gasteiger partial charge >= 0.3 is 0 Å². The van der Waals surface area contributed by atoms with Crippen LogP contribution in [-0.4, -0.2) is 0 Å². The van der Waals surface area contributed by atoms with Gasteiger partial charge in [-0.15, -0.1) is 0 Å². The van der Waals surface area contributed by atoms with Crippen LogP contribution < -0.4 is 4.90 Å². The molecule has 0 radical (unpaired) electrons. The number of hydrogen-bond acceptors (Lipinski definition) is 1. The maximum atomic E-state index is 2.48. The van der Waals surface area contributed by atoms with Crippen molar-refractivity contribution in [3.05, 3.63) is 174 Å². The molecule has 8 aromatic rings. The zero-order chi connectivity index (χ0) is 33.1. The molecule has 0 N–H and O–H groups in total. The van der Waals surface area contributed by atoms with Crippen molar-refractivity contribution < 1.29 is 0 Å². The van der Waals surface area contributed by atoms with Crippen molar-refractivity contribution in [3.8, 4) is 22.3 Å². The average Bonchev–Trinajstić information content (AvgIpc) is 3.51. The van der Waals surface area contributed by atoms with Gasteiger partial charge in [-0.1, -0.05) is 143 Å². The van der Waals surface area contributed by atoms with E-state index in [0.717, 1.165) is 5.69 Å². The number of hydrogen-bond donors (Lipinski definition) is 0. The number of nitrogens with zero attached hydrogens (tertiary/aromatic N) is 1. The van der Waals surface area contributed by atoms with Gasteiger partial charge in [0, 0.05) is 27.9 Å². The van der Waals surface area contributed by atoms with Gasteiger partial charge in [0.2, 0.25) is 0 Å². The van der Waals surface area contributed by atoms with E-state index in [-0.39, 0.29) is 10.8 Å². The second kappa shape index (κ2) is 9.94. The largest absolute Gasteiger partial charge is 0.310 e. The van der Waals surface area contributed by atoms with Crippen LogP contribution in [0.4, 0.5) is 17.1 Å². The first-order valence-corrected chi connectivity index (χ1v) is 17.4. The summed E-state index contributed by atoms with van der Waals surface area (Å²) in [6.45, 7) is 9.45. The lowest BCUT2D eigenvalue weighted by Crippen LogP contribution is -2.17. The Morgan fingerprint density at radius 2 is 0.714 bits per heavy atom. The lowest BCUT2D eigenvalue weighted by molar-refractivity contribution is 0.660. The maximum Gasteiger partial charge on any atom is 0.0468 e. The second-order valence-electron chi connectivity index (χ2n) is 15.0. The number of anilines is 3. The minimum absolute atomic E-state index is 0.0401. The van der Waals surface area contributed by atoms with Crippen LogP contribution in [0.1, 0.15) is 49.9 Å². The van der Waals surface area contributed by atoms with Crippen LogP contribution in [0.25, 0.3) is 54.6 Å². The van der Waals surface area contributed by atoms with Gasteiger partial charge in [0.05, 0.1) is 0 Å². The number of rotatable bonds is 3. The molecule has 0 spiro atoms. The normalized spacial score (nSPS) is 14.9. The Balaban J connectivity index is 1.24. The molecule has 234 valence electrons. The molecular formula is C48H37N. The standard InChI is InChI=1S/C48H37N/c1-47(2)44-20-12-10-18-39(44)42-28-31(23-26-45(42)47)49(32-22-25-40-38-17-9-11-19-43(38)48(3,4)46(40)29-32)30-21-24-37-35-15-6-5-13-33(35)34-14-7-8-16-36(34)41(37)27-30/h5-29H,1-4H3. The van der Waals surface area contributed by atoms with Crippen LogP contribution in [-0.2, 0) is 10.8 Å². The molecule has 2 aliphatic carbocycles. The molecular weight excluding hydrogens is 591 g/mol. The van der Waals surface area contributed by atoms with Crippen molar-refractivity contribution in [1.82, 2.24) is 0 Å². The molecule has 0 aliphatic heterocycles. The van der Waals surface area contributed by atoms with Crippen molar-refractivity contribution in [2.75, 3.05) is 4.90 Å². The Kier molecular flexibility index (Phi) is 5.75. The fourth-order valence-corrected chi connectivity index (χ4v) is 9.16. The van der Waals surface area contributed by atoms with E-state index < -0.39 is 0 Å². The van der Waals surface area contributed by atoms with E-state index in [1.807, 2.05) is 0 Å². The molecule has 2 aliphatic rings. The molecule has 0 atom stereocenters. The molecule has 49 heavy (non-hydrogen) atoms. The Hall–Kier alpha value is -5.66. The van der Waals surface area contributed by atoms with Gasteiger partial charge < -0.3 is 4.90 Å². The zero-order valence-corrected chi connectivity index (χ0v) is 28.4. The van der Waals surface area contributed by atoms with Gasteiger partial charge in [0.25, 0.3) is 0 Å². The average molecular weight is 628 g/mol. The Morgan fingerprint density at radius 1 is 0.306 bits per heavy atom. The summed E-state index contributed by atoms with van der Waals surface area (Å²) in [4.78, 5) is 2.48. The molecule has 0 fully saturated rings. The summed E-state index contributed by atoms with van der Waals surface area (Å²) in [5.74, 6) is 0. The van der Waals surface area contributed by atoms with Crippen LogP contribution in [0.5, 0.6) is 0 Å². The first-order chi connectivity index (χ1) is 23.8. The fourth-order valence-electron chi connectivity index (χ4n) is 9.16. The van der Waals surface area contributed by atoms with Gasteiger partial charge in [-0.05, 0) is 113 Å². The van der Waals surface area contributed by atoms with Gasteiger partial charge in [-0.25, -0.2) is 0 Å². The van der Waals surface area contributed by atoms with Gasteiger partial charge in [-0.2, -0.15) is 0 Å². The first-order valence-electron chi connectivity index (χ1n) is 17.4. The molecule has 10 rings (SSSR count). The van der Waals surface area contributed by atoms with E-state index in [4.69, 9.17) is 0 Å². The van der Waals surface area contributed by atoms with Crippen molar-refractivity contribution in [2.24, 2.45) is 0 Å². The van der Waals surface area contributed by atoms with E-state index in [9.17, 15) is 0 Å². The highest BCUT2D eigenvalue weighted by Crippen LogP contribution is 2.53. The second-order valence-corrected chi connectivity index (χ2v) is 15.0. The van der Waals surface area contributed by atoms with E-state index in [1.54, 1.807) is 0 Å². The van der Waals surface area contributed by atoms with Crippen molar-refractivity contribution in [2.45, 2.75) is 38.5 Å². The SMILES string of the molecule is CC1(C)c2ccccc2-c2cc(N(c3ccc4c(c3)C(C)(C)c3ccccc3-4)c3ccc4c5ccccc5c5ccccc5c4c3)ccc21. The van der Waals surface area contributed by atoms with Crippen molar-refractivity contribution in [3.63, 3.8) is 0 Å². The van der Waals surface area contributed by atoms with Crippen molar-refractivity contribution in [1.29, 1.82) is 0 Å². The van der Waals surface area contributed by atoms with Gasteiger partial charge in [-0.3, -0.25) is 0 Å². The molecule has 0 saturated heterocycles. The molecule has 1 heteroatoms. The summed E-state index contributed by atoms with van der Waals surface area (Å²) >= 11 is 0. The first kappa shape index (κ1) is 28.4. The Bertz CT molecular complexity index is 2640.